The van der Waals surface area contributed by atoms with Gasteiger partial charge in [-0.15, -0.1) is 11.3 Å². The summed E-state index contributed by atoms with van der Waals surface area (Å²) in [5, 5.41) is 5.57. The number of carbonyl (C=O) groups excluding carboxylic acids is 1. The summed E-state index contributed by atoms with van der Waals surface area (Å²) in [6.07, 6.45) is 1.84. The topological polar surface area (TPSA) is 81.9 Å². The molecule has 0 bridgehead atoms. The summed E-state index contributed by atoms with van der Waals surface area (Å²) in [5.41, 5.74) is 4.09. The number of ether oxygens (including phenoxy) is 2. The van der Waals surface area contributed by atoms with Crippen molar-refractivity contribution in [3.63, 3.8) is 0 Å². The van der Waals surface area contributed by atoms with Crippen molar-refractivity contribution in [1.29, 1.82) is 0 Å². The molecule has 0 radical (unpaired) electrons. The van der Waals surface area contributed by atoms with Crippen molar-refractivity contribution >= 4 is 51.9 Å². The Balaban J connectivity index is 1.38. The van der Waals surface area contributed by atoms with Gasteiger partial charge in [-0.05, 0) is 78.9 Å². The Labute approximate surface area is 267 Å². The first-order valence-electron chi connectivity index (χ1n) is 13.8. The van der Waals surface area contributed by atoms with Gasteiger partial charge in [0.1, 0.15) is 24.1 Å². The van der Waals surface area contributed by atoms with Gasteiger partial charge in [-0.3, -0.25) is 14.2 Å². The van der Waals surface area contributed by atoms with Gasteiger partial charge in [0.25, 0.3) is 11.5 Å². The Morgan fingerprint density at radius 2 is 1.91 bits per heavy atom. The van der Waals surface area contributed by atoms with Crippen LogP contribution in [0.15, 0.2) is 105 Å². The number of hydrogen-bond acceptors (Lipinski definition) is 7. The molecule has 1 atom stereocenters. The average Bonchev–Trinajstić information content (AvgIpc) is 3.65. The van der Waals surface area contributed by atoms with Gasteiger partial charge in [0.15, 0.2) is 4.80 Å². The number of para-hydroxylation sites is 1. The molecule has 44 heavy (non-hydrogen) atoms. The molecule has 0 aliphatic carbocycles. The molecule has 0 spiro atoms. The van der Waals surface area contributed by atoms with Crippen molar-refractivity contribution in [2.45, 2.75) is 26.5 Å². The molecule has 2 aromatic heterocycles. The number of hydrogen-bond donors (Lipinski definition) is 1. The number of methoxy groups -OCH3 is 1. The smallest absolute Gasteiger partial charge is 0.271 e. The molecule has 0 fully saturated rings. The Bertz CT molecular complexity index is 2080. The van der Waals surface area contributed by atoms with Gasteiger partial charge in [0, 0.05) is 21.2 Å². The van der Waals surface area contributed by atoms with Crippen molar-refractivity contribution in [2.75, 3.05) is 12.4 Å². The van der Waals surface area contributed by atoms with Crippen LogP contribution in [0, 0.1) is 6.92 Å². The Morgan fingerprint density at radius 1 is 1.07 bits per heavy atom. The molecule has 6 rings (SSSR count). The van der Waals surface area contributed by atoms with E-state index in [2.05, 4.69) is 5.32 Å². The van der Waals surface area contributed by atoms with Gasteiger partial charge in [-0.25, -0.2) is 4.99 Å². The van der Waals surface area contributed by atoms with Crippen molar-refractivity contribution in [3.8, 4) is 11.5 Å². The molecule has 0 unspecified atom stereocenters. The maximum absolute atomic E-state index is 14.0. The van der Waals surface area contributed by atoms with Crippen molar-refractivity contribution in [2.24, 2.45) is 4.99 Å². The summed E-state index contributed by atoms with van der Waals surface area (Å²) in [7, 11) is 1.61. The highest BCUT2D eigenvalue weighted by Gasteiger charge is 2.33. The summed E-state index contributed by atoms with van der Waals surface area (Å²) in [5.74, 6) is 1.03. The molecular weight excluding hydrogens is 614 g/mol. The fraction of sp³-hybridized carbons (Fsp3) is 0.147. The monoisotopic (exact) mass is 641 g/mol. The summed E-state index contributed by atoms with van der Waals surface area (Å²) < 4.78 is 13.7. The van der Waals surface area contributed by atoms with E-state index in [1.54, 1.807) is 23.8 Å². The number of carbonyl (C=O) groups is 1. The molecular formula is C34H28ClN3O4S2. The molecule has 1 N–H and O–H groups in total. The number of benzene rings is 3. The SMILES string of the molecule is COc1ccc(/C=c2/sc3n(c2=O)[C@H](c2cccs2)C(C(=O)Nc2ccccc2C)=C(C)N=3)cc1COc1cccc(Cl)c1. The molecule has 1 aliphatic rings. The minimum Gasteiger partial charge on any atom is -0.496 e. The van der Waals surface area contributed by atoms with Crippen LogP contribution in [0.3, 0.4) is 0 Å². The van der Waals surface area contributed by atoms with Crippen molar-refractivity contribution in [3.05, 3.63) is 142 Å². The standard InChI is InChI=1S/C34H28ClN3O4S2/c1-20-8-4-5-11-26(20)37-32(39)30-21(2)36-34-38(31(30)28-12-7-15-43-28)33(40)29(44-34)17-22-13-14-27(41-3)23(16-22)19-42-25-10-6-9-24(35)18-25/h4-18,31H,19H2,1-3H3,(H,37,39)/b29-17+/t31-/m1/s1. The van der Waals surface area contributed by atoms with E-state index < -0.39 is 6.04 Å². The van der Waals surface area contributed by atoms with E-state index in [1.807, 2.05) is 92.0 Å². The maximum Gasteiger partial charge on any atom is 0.271 e. The van der Waals surface area contributed by atoms with Crippen LogP contribution in [0.25, 0.3) is 6.08 Å². The number of allylic oxidation sites excluding steroid dienone is 1. The number of nitrogens with one attached hydrogen (secondary N) is 1. The van der Waals surface area contributed by atoms with E-state index in [0.29, 0.717) is 37.1 Å². The molecule has 0 saturated heterocycles. The number of aromatic nitrogens is 1. The predicted octanol–water partition coefficient (Wildman–Crippen LogP) is 6.48. The first-order valence-corrected chi connectivity index (χ1v) is 15.9. The minimum absolute atomic E-state index is 0.214. The van der Waals surface area contributed by atoms with Gasteiger partial charge in [0.2, 0.25) is 0 Å². The van der Waals surface area contributed by atoms with E-state index in [9.17, 15) is 9.59 Å². The lowest BCUT2D eigenvalue weighted by Crippen LogP contribution is -2.40. The molecule has 3 heterocycles. The van der Waals surface area contributed by atoms with Crippen LogP contribution in [-0.2, 0) is 11.4 Å². The first-order chi connectivity index (χ1) is 21.3. The molecule has 1 amide bonds. The van der Waals surface area contributed by atoms with Gasteiger partial charge in [-0.1, -0.05) is 59.3 Å². The predicted molar refractivity (Wildman–Crippen MR) is 177 cm³/mol. The lowest BCUT2D eigenvalue weighted by molar-refractivity contribution is -0.113. The number of halogens is 1. The van der Waals surface area contributed by atoms with Gasteiger partial charge in [0.05, 0.1) is 22.9 Å². The van der Waals surface area contributed by atoms with Crippen LogP contribution in [0.4, 0.5) is 5.69 Å². The average molecular weight is 642 g/mol. The zero-order valence-corrected chi connectivity index (χ0v) is 26.6. The normalized spacial score (nSPS) is 14.6. The highest BCUT2D eigenvalue weighted by atomic mass is 35.5. The molecule has 10 heteroatoms. The van der Waals surface area contributed by atoms with E-state index in [1.165, 1.54) is 22.7 Å². The third kappa shape index (κ3) is 5.99. The molecule has 3 aromatic carbocycles. The van der Waals surface area contributed by atoms with E-state index >= 15 is 0 Å². The summed E-state index contributed by atoms with van der Waals surface area (Å²) in [4.78, 5) is 34.0. The second-order valence-corrected chi connectivity index (χ2v) is 12.6. The lowest BCUT2D eigenvalue weighted by Gasteiger charge is -2.24. The van der Waals surface area contributed by atoms with Gasteiger partial charge in [-0.2, -0.15) is 0 Å². The molecule has 1 aliphatic heterocycles. The fourth-order valence-corrected chi connectivity index (χ4v) is 7.15. The third-order valence-corrected chi connectivity index (χ3v) is 9.41. The van der Waals surface area contributed by atoms with Crippen LogP contribution in [0.1, 0.15) is 34.5 Å². The number of thiazole rings is 1. The van der Waals surface area contributed by atoms with Crippen LogP contribution in [0.2, 0.25) is 5.02 Å². The fourth-order valence-electron chi connectivity index (χ4n) is 5.10. The number of nitrogens with zero attached hydrogens (tertiary/aromatic N) is 2. The second kappa shape index (κ2) is 12.7. The van der Waals surface area contributed by atoms with Crippen LogP contribution in [0.5, 0.6) is 11.5 Å². The molecule has 0 saturated carbocycles. The number of aryl methyl sites for hydroxylation is 1. The quantitative estimate of drug-likeness (QED) is 0.210. The third-order valence-electron chi connectivity index (χ3n) is 7.26. The van der Waals surface area contributed by atoms with E-state index in [-0.39, 0.29) is 18.1 Å². The van der Waals surface area contributed by atoms with E-state index in [0.717, 1.165) is 27.3 Å². The zero-order valence-electron chi connectivity index (χ0n) is 24.2. The molecule has 7 nitrogen and oxygen atoms in total. The van der Waals surface area contributed by atoms with Gasteiger partial charge >= 0.3 is 0 Å². The minimum atomic E-state index is -0.602. The Kier molecular flexibility index (Phi) is 8.52. The number of rotatable bonds is 8. The summed E-state index contributed by atoms with van der Waals surface area (Å²) in [6.45, 7) is 4.01. The molecule has 5 aromatic rings. The van der Waals surface area contributed by atoms with Gasteiger partial charge < -0.3 is 14.8 Å². The van der Waals surface area contributed by atoms with Crippen LogP contribution >= 0.6 is 34.3 Å². The van der Waals surface area contributed by atoms with Crippen LogP contribution in [-0.4, -0.2) is 17.6 Å². The number of amides is 1. The first kappa shape index (κ1) is 29.6. The number of thiophene rings is 1. The lowest BCUT2D eigenvalue weighted by atomic mass is 10.0. The summed E-state index contributed by atoms with van der Waals surface area (Å²) >= 11 is 8.91. The largest absolute Gasteiger partial charge is 0.496 e. The van der Waals surface area contributed by atoms with Crippen molar-refractivity contribution in [1.82, 2.24) is 4.57 Å². The van der Waals surface area contributed by atoms with E-state index in [4.69, 9.17) is 26.1 Å². The Hall–Kier alpha value is -4.44. The highest BCUT2D eigenvalue weighted by Crippen LogP contribution is 2.33. The molecule has 222 valence electrons. The Morgan fingerprint density at radius 3 is 2.66 bits per heavy atom. The second-order valence-electron chi connectivity index (χ2n) is 10.2. The number of anilines is 1. The zero-order chi connectivity index (χ0) is 30.8. The van der Waals surface area contributed by atoms with Crippen LogP contribution < -0.4 is 29.7 Å². The highest BCUT2D eigenvalue weighted by molar-refractivity contribution is 7.10. The van der Waals surface area contributed by atoms with Crippen molar-refractivity contribution < 1.29 is 14.3 Å². The number of fused-ring (bicyclic) bond motifs is 1. The maximum atomic E-state index is 14.0. The summed E-state index contributed by atoms with van der Waals surface area (Å²) in [6, 6.07) is 23.8.